The van der Waals surface area contributed by atoms with Gasteiger partial charge in [0.1, 0.15) is 11.9 Å². The molecule has 0 saturated carbocycles. The lowest BCUT2D eigenvalue weighted by molar-refractivity contribution is -0.141. The minimum absolute atomic E-state index is 0.125. The Hall–Kier alpha value is -2.69. The molecule has 5 heteroatoms. The number of hydrogen-bond acceptors (Lipinski definition) is 2. The third-order valence-electron chi connectivity index (χ3n) is 4.77. The first kappa shape index (κ1) is 22.6. The summed E-state index contributed by atoms with van der Waals surface area (Å²) < 4.78 is 13.2. The van der Waals surface area contributed by atoms with E-state index in [4.69, 9.17) is 0 Å². The Kier molecular flexibility index (Phi) is 8.37. The first-order valence-corrected chi connectivity index (χ1v) is 10.2. The van der Waals surface area contributed by atoms with Crippen molar-refractivity contribution in [1.82, 2.24) is 10.2 Å². The molecule has 29 heavy (non-hydrogen) atoms. The molecule has 0 radical (unpaired) electrons. The van der Waals surface area contributed by atoms with Crippen LogP contribution in [0, 0.1) is 18.7 Å². The van der Waals surface area contributed by atoms with Crippen molar-refractivity contribution in [2.75, 3.05) is 6.54 Å². The molecule has 1 unspecified atom stereocenters. The first-order valence-electron chi connectivity index (χ1n) is 10.2. The number of nitrogens with one attached hydrogen (secondary N) is 1. The third kappa shape index (κ3) is 7.00. The predicted molar refractivity (Wildman–Crippen MR) is 114 cm³/mol. The van der Waals surface area contributed by atoms with Crippen LogP contribution in [0.5, 0.6) is 0 Å². The molecular weight excluding hydrogens is 367 g/mol. The minimum Gasteiger partial charge on any atom is -0.354 e. The zero-order valence-corrected chi connectivity index (χ0v) is 17.7. The first-order chi connectivity index (χ1) is 13.8. The van der Waals surface area contributed by atoms with Crippen LogP contribution in [0.3, 0.4) is 0 Å². The lowest BCUT2D eigenvalue weighted by Gasteiger charge is -2.31. The molecule has 0 aliphatic heterocycles. The number of benzene rings is 2. The van der Waals surface area contributed by atoms with Crippen molar-refractivity contribution < 1.29 is 14.0 Å². The molecule has 0 aliphatic carbocycles. The summed E-state index contributed by atoms with van der Waals surface area (Å²) in [6, 6.07) is 13.3. The summed E-state index contributed by atoms with van der Waals surface area (Å²) in [6.07, 6.45) is 0.644. The van der Waals surface area contributed by atoms with Crippen LogP contribution >= 0.6 is 0 Å². The summed E-state index contributed by atoms with van der Waals surface area (Å²) in [4.78, 5) is 27.7. The molecule has 1 N–H and O–H groups in total. The van der Waals surface area contributed by atoms with Crippen LogP contribution in [-0.4, -0.2) is 29.3 Å². The number of rotatable bonds is 9. The molecule has 0 heterocycles. The Morgan fingerprint density at radius 2 is 1.76 bits per heavy atom. The molecule has 0 aliphatic rings. The van der Waals surface area contributed by atoms with Gasteiger partial charge in [-0.15, -0.1) is 0 Å². The quantitative estimate of drug-likeness (QED) is 0.686. The molecule has 1 atom stereocenters. The van der Waals surface area contributed by atoms with E-state index in [1.165, 1.54) is 12.1 Å². The van der Waals surface area contributed by atoms with E-state index in [1.807, 2.05) is 52.0 Å². The summed E-state index contributed by atoms with van der Waals surface area (Å²) in [5, 5.41) is 2.95. The zero-order chi connectivity index (χ0) is 21.4. The van der Waals surface area contributed by atoms with Crippen LogP contribution in [-0.2, 0) is 22.6 Å². The lowest BCUT2D eigenvalue weighted by atomic mass is 10.1. The van der Waals surface area contributed by atoms with E-state index < -0.39 is 6.04 Å². The standard InChI is InChI=1S/C24H31FN2O2/c1-5-22(24(29)26-15-17(2)3)27(16-20-8-6-7-18(4)13-20)23(28)14-19-9-11-21(25)12-10-19/h6-13,17,22H,5,14-16H2,1-4H3,(H,26,29). The van der Waals surface area contributed by atoms with E-state index in [-0.39, 0.29) is 24.1 Å². The normalized spacial score (nSPS) is 11.9. The molecule has 0 spiro atoms. The molecule has 0 fully saturated rings. The fraction of sp³-hybridized carbons (Fsp3) is 0.417. The Bertz CT molecular complexity index is 818. The second-order valence-corrected chi connectivity index (χ2v) is 7.88. The Morgan fingerprint density at radius 1 is 1.07 bits per heavy atom. The van der Waals surface area contributed by atoms with Gasteiger partial charge in [0.15, 0.2) is 0 Å². The molecule has 156 valence electrons. The summed E-state index contributed by atoms with van der Waals surface area (Å²) >= 11 is 0. The highest BCUT2D eigenvalue weighted by Gasteiger charge is 2.28. The van der Waals surface area contributed by atoms with Crippen LogP contribution in [0.4, 0.5) is 4.39 Å². The maximum atomic E-state index is 13.2. The van der Waals surface area contributed by atoms with Crippen molar-refractivity contribution in [2.24, 2.45) is 5.92 Å². The van der Waals surface area contributed by atoms with Crippen LogP contribution in [0.25, 0.3) is 0 Å². The number of halogens is 1. The summed E-state index contributed by atoms with van der Waals surface area (Å²) in [7, 11) is 0. The third-order valence-corrected chi connectivity index (χ3v) is 4.77. The highest BCUT2D eigenvalue weighted by atomic mass is 19.1. The molecule has 2 rings (SSSR count). The topological polar surface area (TPSA) is 49.4 Å². The highest BCUT2D eigenvalue weighted by molar-refractivity contribution is 5.88. The van der Waals surface area contributed by atoms with Gasteiger partial charge in [-0.3, -0.25) is 9.59 Å². The van der Waals surface area contributed by atoms with Gasteiger partial charge in [-0.05, 0) is 42.5 Å². The second kappa shape index (κ2) is 10.7. The van der Waals surface area contributed by atoms with E-state index in [2.05, 4.69) is 5.32 Å². The SMILES string of the molecule is CCC(C(=O)NCC(C)C)N(Cc1cccc(C)c1)C(=O)Cc1ccc(F)cc1. The zero-order valence-electron chi connectivity index (χ0n) is 17.7. The van der Waals surface area contributed by atoms with Crippen LogP contribution in [0.1, 0.15) is 43.9 Å². The van der Waals surface area contributed by atoms with Gasteiger partial charge >= 0.3 is 0 Å². The number of amides is 2. The molecule has 0 aromatic heterocycles. The van der Waals surface area contributed by atoms with Gasteiger partial charge in [-0.25, -0.2) is 4.39 Å². The average molecular weight is 399 g/mol. The van der Waals surface area contributed by atoms with Crippen molar-refractivity contribution in [3.63, 3.8) is 0 Å². The number of aryl methyl sites for hydroxylation is 1. The summed E-state index contributed by atoms with van der Waals surface area (Å²) in [6.45, 7) is 8.90. The molecule has 0 saturated heterocycles. The van der Waals surface area contributed by atoms with Gasteiger partial charge in [0, 0.05) is 13.1 Å². The van der Waals surface area contributed by atoms with Crippen molar-refractivity contribution in [2.45, 2.75) is 53.1 Å². The van der Waals surface area contributed by atoms with Gasteiger partial charge < -0.3 is 10.2 Å². The number of carbonyl (C=O) groups is 2. The van der Waals surface area contributed by atoms with Crippen molar-refractivity contribution in [3.05, 3.63) is 71.0 Å². The minimum atomic E-state index is -0.554. The molecule has 0 bridgehead atoms. The fourth-order valence-corrected chi connectivity index (χ4v) is 3.23. The Morgan fingerprint density at radius 3 is 2.34 bits per heavy atom. The van der Waals surface area contributed by atoms with Crippen molar-refractivity contribution >= 4 is 11.8 Å². The molecular formula is C24H31FN2O2. The maximum Gasteiger partial charge on any atom is 0.242 e. The maximum absolute atomic E-state index is 13.2. The second-order valence-electron chi connectivity index (χ2n) is 7.88. The van der Waals surface area contributed by atoms with E-state index in [9.17, 15) is 14.0 Å². The number of nitrogens with zero attached hydrogens (tertiary/aromatic N) is 1. The smallest absolute Gasteiger partial charge is 0.242 e. The van der Waals surface area contributed by atoms with E-state index >= 15 is 0 Å². The fourth-order valence-electron chi connectivity index (χ4n) is 3.23. The molecule has 2 amide bonds. The lowest BCUT2D eigenvalue weighted by Crippen LogP contribution is -2.50. The van der Waals surface area contributed by atoms with Gasteiger partial charge in [0.05, 0.1) is 6.42 Å². The van der Waals surface area contributed by atoms with Crippen molar-refractivity contribution in [3.8, 4) is 0 Å². The molecule has 4 nitrogen and oxygen atoms in total. The van der Waals surface area contributed by atoms with Gasteiger partial charge in [0.2, 0.25) is 11.8 Å². The van der Waals surface area contributed by atoms with Gasteiger partial charge in [-0.2, -0.15) is 0 Å². The number of carbonyl (C=O) groups excluding carboxylic acids is 2. The van der Waals surface area contributed by atoms with Gasteiger partial charge in [0.25, 0.3) is 0 Å². The summed E-state index contributed by atoms with van der Waals surface area (Å²) in [5.41, 5.74) is 2.81. The van der Waals surface area contributed by atoms with Crippen LogP contribution in [0.2, 0.25) is 0 Å². The highest BCUT2D eigenvalue weighted by Crippen LogP contribution is 2.16. The molecule has 2 aromatic rings. The van der Waals surface area contributed by atoms with Crippen LogP contribution < -0.4 is 5.32 Å². The largest absolute Gasteiger partial charge is 0.354 e. The van der Waals surface area contributed by atoms with E-state index in [0.717, 1.165) is 16.7 Å². The summed E-state index contributed by atoms with van der Waals surface area (Å²) in [5.74, 6) is -0.292. The van der Waals surface area contributed by atoms with E-state index in [0.29, 0.717) is 25.4 Å². The van der Waals surface area contributed by atoms with Gasteiger partial charge in [-0.1, -0.05) is 62.7 Å². The molecule has 2 aromatic carbocycles. The van der Waals surface area contributed by atoms with Crippen LogP contribution in [0.15, 0.2) is 48.5 Å². The van der Waals surface area contributed by atoms with E-state index in [1.54, 1.807) is 17.0 Å². The monoisotopic (exact) mass is 398 g/mol. The average Bonchev–Trinajstić information content (AvgIpc) is 2.68. The number of hydrogen-bond donors (Lipinski definition) is 1. The Labute approximate surface area is 173 Å². The Balaban J connectivity index is 2.25. The predicted octanol–water partition coefficient (Wildman–Crippen LogP) is 4.26. The van der Waals surface area contributed by atoms with Crippen molar-refractivity contribution in [1.29, 1.82) is 0 Å².